The molecule has 0 atom stereocenters. The quantitative estimate of drug-likeness (QED) is 0.0610. The second-order valence-corrected chi connectivity index (χ2v) is 19.4. The molecule has 4 aromatic heterocycles. The molecule has 0 bridgehead atoms. The van der Waals surface area contributed by atoms with Crippen LogP contribution in [-0.4, -0.2) is 82.6 Å². The molecule has 0 saturated carbocycles. The van der Waals surface area contributed by atoms with Crippen LogP contribution < -0.4 is 15.4 Å². The van der Waals surface area contributed by atoms with E-state index in [1.165, 1.54) is 43.4 Å². The minimum Gasteiger partial charge on any atom is -0.489 e. The summed E-state index contributed by atoms with van der Waals surface area (Å²) in [5, 5.41) is 15.6. The van der Waals surface area contributed by atoms with Gasteiger partial charge in [-0.25, -0.2) is 9.37 Å². The number of benzene rings is 4. The fourth-order valence-corrected chi connectivity index (χ4v) is 10.8. The first-order valence-corrected chi connectivity index (χ1v) is 25.8. The summed E-state index contributed by atoms with van der Waals surface area (Å²) >= 11 is 1.81. The minimum atomic E-state index is -0.407. The molecule has 1 amide bonds. The van der Waals surface area contributed by atoms with Crippen molar-refractivity contribution in [3.8, 4) is 27.3 Å². The Bertz CT molecular complexity index is 3000. The summed E-state index contributed by atoms with van der Waals surface area (Å²) in [4.78, 5) is 21.4. The van der Waals surface area contributed by atoms with Gasteiger partial charge in [-0.1, -0.05) is 54.8 Å². The van der Waals surface area contributed by atoms with Gasteiger partial charge in [0.2, 0.25) is 5.91 Å². The van der Waals surface area contributed by atoms with Crippen LogP contribution in [0.4, 0.5) is 4.39 Å². The number of unbranched alkanes of at least 4 members (excludes halogenated alkanes) is 4. The van der Waals surface area contributed by atoms with Gasteiger partial charge in [-0.05, 0) is 135 Å². The monoisotopic (exact) mass is 951 g/mol. The normalized spacial score (nSPS) is 13.3. The number of nitrogens with zero attached hydrogens (tertiary/aromatic N) is 5. The number of aryl methyl sites for hydroxylation is 6. The number of halogens is 1. The van der Waals surface area contributed by atoms with E-state index in [9.17, 15) is 4.79 Å². The van der Waals surface area contributed by atoms with Crippen LogP contribution in [0.5, 0.6) is 5.75 Å². The third-order valence-electron chi connectivity index (χ3n) is 13.6. The molecular weight excluding hydrogens is 886 g/mol. The van der Waals surface area contributed by atoms with E-state index in [0.29, 0.717) is 25.8 Å². The number of rotatable bonds is 23. The third kappa shape index (κ3) is 11.6. The van der Waals surface area contributed by atoms with Crippen LogP contribution in [0.3, 0.4) is 0 Å². The van der Waals surface area contributed by atoms with Crippen molar-refractivity contribution in [2.45, 2.75) is 98.7 Å². The first-order valence-electron chi connectivity index (χ1n) is 24.9. The molecule has 11 nitrogen and oxygen atoms in total. The van der Waals surface area contributed by atoms with Gasteiger partial charge in [-0.2, -0.15) is 0 Å². The standard InChI is InChI=1S/C56H66FN7O4S/c1-5-63-49-18-12-42(32-46(49)45-17-15-43(35-51(45)63)53-31-38(2)37-69-53)36-58-22-10-8-6-7-9-11-55(65)59-23-28-67-52-20-13-41(33-47(52)57)14-21-54-60-48-34-44(56-39(3)61-68-40(56)4)16-19-50(48)64(54)25-24-62-26-29-66-30-27-62/h12-13,15-20,31-35,37,58H,5-11,14,21-30,36H2,1-4H3,(H,59,65). The molecule has 2 N–H and O–H groups in total. The Kier molecular flexibility index (Phi) is 15.9. The molecular formula is C56H66FN7O4S. The Morgan fingerprint density at radius 3 is 2.41 bits per heavy atom. The number of fused-ring (bicyclic) bond motifs is 4. The maximum atomic E-state index is 15.3. The lowest BCUT2D eigenvalue weighted by Gasteiger charge is -2.27. The number of hydrogen-bond acceptors (Lipinski definition) is 9. The van der Waals surface area contributed by atoms with Gasteiger partial charge in [-0.3, -0.25) is 9.69 Å². The van der Waals surface area contributed by atoms with Gasteiger partial charge in [0.15, 0.2) is 11.6 Å². The molecule has 0 unspecified atom stereocenters. The predicted molar refractivity (Wildman–Crippen MR) is 277 cm³/mol. The first kappa shape index (κ1) is 48.2. The Balaban J connectivity index is 0.666. The fraction of sp³-hybridized carbons (Fsp3) is 0.411. The van der Waals surface area contributed by atoms with Crippen LogP contribution in [-0.2, 0) is 42.0 Å². The molecule has 0 radical (unpaired) electrons. The van der Waals surface area contributed by atoms with Crippen molar-refractivity contribution in [3.05, 3.63) is 124 Å². The van der Waals surface area contributed by atoms with Crippen LogP contribution in [0, 0.1) is 26.6 Å². The number of thiophene rings is 1. The summed E-state index contributed by atoms with van der Waals surface area (Å²) in [6, 6.07) is 27.6. The number of morpholine rings is 1. The lowest BCUT2D eigenvalue weighted by Crippen LogP contribution is -2.38. The number of hydrogen-bond donors (Lipinski definition) is 2. The average Bonchev–Trinajstić information content (AvgIpc) is 4.13. The molecule has 9 rings (SSSR count). The number of ether oxygens (including phenoxy) is 2. The molecule has 0 aliphatic carbocycles. The fourth-order valence-electron chi connectivity index (χ4n) is 9.88. The molecule has 1 aliphatic rings. The van der Waals surface area contributed by atoms with Crippen molar-refractivity contribution < 1.29 is 23.2 Å². The largest absolute Gasteiger partial charge is 0.489 e. The second kappa shape index (κ2) is 22.7. The molecule has 5 heterocycles. The van der Waals surface area contributed by atoms with E-state index in [4.69, 9.17) is 19.0 Å². The Morgan fingerprint density at radius 2 is 1.61 bits per heavy atom. The number of nitrogens with one attached hydrogen (secondary N) is 2. The zero-order valence-corrected chi connectivity index (χ0v) is 41.5. The summed E-state index contributed by atoms with van der Waals surface area (Å²) in [5.41, 5.74) is 12.2. The topological polar surface area (TPSA) is 112 Å². The summed E-state index contributed by atoms with van der Waals surface area (Å²) < 4.78 is 36.8. The highest BCUT2D eigenvalue weighted by molar-refractivity contribution is 7.13. The Labute approximate surface area is 409 Å². The third-order valence-corrected chi connectivity index (χ3v) is 14.7. The van der Waals surface area contributed by atoms with E-state index in [-0.39, 0.29) is 18.3 Å². The number of imidazole rings is 1. The summed E-state index contributed by atoms with van der Waals surface area (Å²) in [7, 11) is 0. The number of carbonyl (C=O) groups excluding carboxylic acids is 1. The van der Waals surface area contributed by atoms with Crippen molar-refractivity contribution in [2.24, 2.45) is 0 Å². The van der Waals surface area contributed by atoms with Gasteiger partial charge in [0.05, 0.1) is 36.5 Å². The van der Waals surface area contributed by atoms with Gasteiger partial charge in [0.1, 0.15) is 18.2 Å². The molecule has 8 aromatic rings. The van der Waals surface area contributed by atoms with Crippen molar-refractivity contribution in [1.29, 1.82) is 0 Å². The molecule has 362 valence electrons. The summed E-state index contributed by atoms with van der Waals surface area (Å²) in [5.74, 6) is 1.54. The molecule has 13 heteroatoms. The Hall–Kier alpha value is -5.86. The van der Waals surface area contributed by atoms with E-state index in [2.05, 4.69) is 110 Å². The summed E-state index contributed by atoms with van der Waals surface area (Å²) in [6.07, 6.45) is 6.97. The highest BCUT2D eigenvalue weighted by atomic mass is 32.1. The SMILES string of the molecule is CCn1c2ccc(CNCCCCCCCC(=O)NCCOc3ccc(CCc4nc5cc(-c6c(C)noc6C)ccc5n4CCN4CCOCC4)cc3F)cc2c2ccc(-c3cc(C)cs3)cc21. The second-order valence-electron chi connectivity index (χ2n) is 18.5. The van der Waals surface area contributed by atoms with E-state index in [0.717, 1.165) is 136 Å². The Morgan fingerprint density at radius 1 is 0.797 bits per heavy atom. The van der Waals surface area contributed by atoms with Gasteiger partial charge >= 0.3 is 0 Å². The maximum absolute atomic E-state index is 15.3. The van der Waals surface area contributed by atoms with E-state index < -0.39 is 5.82 Å². The van der Waals surface area contributed by atoms with Crippen LogP contribution in [0.15, 0.2) is 88.8 Å². The van der Waals surface area contributed by atoms with Crippen molar-refractivity contribution in [1.82, 2.24) is 34.8 Å². The maximum Gasteiger partial charge on any atom is 0.220 e. The van der Waals surface area contributed by atoms with E-state index in [1.807, 2.05) is 31.3 Å². The summed E-state index contributed by atoms with van der Waals surface area (Å²) in [6.45, 7) is 16.6. The smallest absolute Gasteiger partial charge is 0.220 e. The zero-order chi connectivity index (χ0) is 47.7. The molecule has 4 aromatic carbocycles. The highest BCUT2D eigenvalue weighted by Crippen LogP contribution is 2.35. The number of amides is 1. The highest BCUT2D eigenvalue weighted by Gasteiger charge is 2.19. The van der Waals surface area contributed by atoms with E-state index >= 15 is 4.39 Å². The van der Waals surface area contributed by atoms with E-state index in [1.54, 1.807) is 12.1 Å². The van der Waals surface area contributed by atoms with Crippen molar-refractivity contribution in [2.75, 3.05) is 52.5 Å². The predicted octanol–water partition coefficient (Wildman–Crippen LogP) is 11.4. The first-order chi connectivity index (χ1) is 33.7. The minimum absolute atomic E-state index is 0.00375. The van der Waals surface area contributed by atoms with Gasteiger partial charge in [0.25, 0.3) is 0 Å². The molecule has 1 aliphatic heterocycles. The number of aromatic nitrogens is 4. The molecule has 1 saturated heterocycles. The van der Waals surface area contributed by atoms with Crippen LogP contribution in [0.2, 0.25) is 0 Å². The lowest BCUT2D eigenvalue weighted by atomic mass is 10.0. The zero-order valence-electron chi connectivity index (χ0n) is 40.7. The average molecular weight is 952 g/mol. The van der Waals surface area contributed by atoms with Crippen LogP contribution >= 0.6 is 11.3 Å². The van der Waals surface area contributed by atoms with Crippen LogP contribution in [0.1, 0.15) is 79.4 Å². The number of carbonyl (C=O) groups is 1. The van der Waals surface area contributed by atoms with Gasteiger partial charge in [0, 0.05) is 84.4 Å². The molecule has 69 heavy (non-hydrogen) atoms. The van der Waals surface area contributed by atoms with Crippen molar-refractivity contribution in [3.63, 3.8) is 0 Å². The molecule has 0 spiro atoms. The molecule has 1 fully saturated rings. The van der Waals surface area contributed by atoms with Crippen molar-refractivity contribution >= 4 is 50.1 Å². The lowest BCUT2D eigenvalue weighted by molar-refractivity contribution is -0.121. The van der Waals surface area contributed by atoms with Crippen LogP contribution in [0.25, 0.3) is 54.4 Å². The van der Waals surface area contributed by atoms with Gasteiger partial charge < -0.3 is 33.8 Å². The van der Waals surface area contributed by atoms with Gasteiger partial charge in [-0.15, -0.1) is 11.3 Å².